The van der Waals surface area contributed by atoms with Gasteiger partial charge in [-0.25, -0.2) is 8.78 Å². The quantitative estimate of drug-likeness (QED) is 0.838. The summed E-state index contributed by atoms with van der Waals surface area (Å²) in [5.74, 6) is -2.07. The lowest BCUT2D eigenvalue weighted by Crippen LogP contribution is -2.35. The lowest BCUT2D eigenvalue weighted by molar-refractivity contribution is -0.116. The Kier molecular flexibility index (Phi) is 5.07. The molecule has 1 aliphatic heterocycles. The summed E-state index contributed by atoms with van der Waals surface area (Å²) in [5, 5.41) is 2.41. The molecular formula is C18H18F2N4O3S. The van der Waals surface area contributed by atoms with E-state index in [4.69, 9.17) is 0 Å². The minimum Gasteiger partial charge on any atom is -0.373 e. The van der Waals surface area contributed by atoms with Crippen LogP contribution in [0.15, 0.2) is 45.7 Å². The third-order valence-electron chi connectivity index (χ3n) is 4.10. The Bertz CT molecular complexity index is 1060. The number of amides is 1. The fourth-order valence-corrected chi connectivity index (χ4v) is 4.17. The second-order valence-corrected chi connectivity index (χ2v) is 8.05. The second-order valence-electron chi connectivity index (χ2n) is 6.47. The summed E-state index contributed by atoms with van der Waals surface area (Å²) in [7, 11) is 0.704. The van der Waals surface area contributed by atoms with Crippen LogP contribution in [0.2, 0.25) is 0 Å². The van der Waals surface area contributed by atoms with E-state index in [1.54, 1.807) is 18.2 Å². The highest BCUT2D eigenvalue weighted by molar-refractivity contribution is 7.90. The fraction of sp³-hybridized carbons (Fsp3) is 0.222. The average molecular weight is 408 g/mol. The van der Waals surface area contributed by atoms with Crippen LogP contribution in [0.4, 0.5) is 20.2 Å². The Morgan fingerprint density at radius 3 is 2.32 bits per heavy atom. The Morgan fingerprint density at radius 1 is 1.11 bits per heavy atom. The van der Waals surface area contributed by atoms with E-state index in [1.807, 2.05) is 0 Å². The van der Waals surface area contributed by atoms with E-state index in [0.29, 0.717) is 5.56 Å². The number of rotatable bonds is 4. The van der Waals surface area contributed by atoms with Crippen LogP contribution in [0.1, 0.15) is 5.56 Å². The highest BCUT2D eigenvalue weighted by Crippen LogP contribution is 2.27. The molecule has 28 heavy (non-hydrogen) atoms. The molecule has 0 fully saturated rings. The summed E-state index contributed by atoms with van der Waals surface area (Å²) < 4.78 is 56.0. The van der Waals surface area contributed by atoms with Crippen molar-refractivity contribution >= 4 is 33.1 Å². The Labute approximate surface area is 161 Å². The molecule has 10 heteroatoms. The number of nitrogens with zero attached hydrogens (tertiary/aromatic N) is 3. The summed E-state index contributed by atoms with van der Waals surface area (Å²) in [6.45, 7) is -0.263. The number of hydrogen-bond donors (Lipinski definition) is 1. The molecule has 1 amide bonds. The number of hydrogen-bond acceptors (Lipinski definition) is 5. The lowest BCUT2D eigenvalue weighted by Gasteiger charge is -2.19. The average Bonchev–Trinajstić information content (AvgIpc) is 2.85. The van der Waals surface area contributed by atoms with Crippen molar-refractivity contribution in [2.75, 3.05) is 37.9 Å². The number of likely N-dealkylation sites (N-methyl/N-ethyl adjacent to an activating group) is 1. The standard InChI is InChI=1S/C18H18F2N4O3S/c1-23(2)17-13(19)8-11(9-14(17)20)21-16(25)10-24(3)18-12-6-4-5-7-15(12)28(26,27)22-18/h4-9H,10H2,1-3H3,(H,21,25). The van der Waals surface area contributed by atoms with Gasteiger partial charge in [0.25, 0.3) is 10.0 Å². The van der Waals surface area contributed by atoms with E-state index in [0.717, 1.165) is 12.1 Å². The summed E-state index contributed by atoms with van der Waals surface area (Å²) >= 11 is 0. The zero-order valence-electron chi connectivity index (χ0n) is 15.4. The minimum atomic E-state index is -3.81. The van der Waals surface area contributed by atoms with Crippen LogP contribution >= 0.6 is 0 Å². The molecule has 2 aromatic carbocycles. The second kappa shape index (κ2) is 7.19. The van der Waals surface area contributed by atoms with Gasteiger partial charge in [-0.3, -0.25) is 4.79 Å². The summed E-state index contributed by atoms with van der Waals surface area (Å²) in [6.07, 6.45) is 0. The maximum Gasteiger partial charge on any atom is 0.285 e. The van der Waals surface area contributed by atoms with Crippen molar-refractivity contribution in [1.29, 1.82) is 0 Å². The van der Waals surface area contributed by atoms with Gasteiger partial charge in [-0.1, -0.05) is 12.1 Å². The molecule has 0 spiro atoms. The third kappa shape index (κ3) is 3.68. The zero-order valence-corrected chi connectivity index (χ0v) is 16.2. The Morgan fingerprint density at radius 2 is 1.71 bits per heavy atom. The van der Waals surface area contributed by atoms with Crippen molar-refractivity contribution < 1.29 is 22.0 Å². The van der Waals surface area contributed by atoms with Crippen LogP contribution in [0.25, 0.3) is 0 Å². The number of carbonyl (C=O) groups excluding carboxylic acids is 1. The minimum absolute atomic E-state index is 0.0413. The third-order valence-corrected chi connectivity index (χ3v) is 5.43. The van der Waals surface area contributed by atoms with Crippen LogP contribution in [0.3, 0.4) is 0 Å². The number of sulfonamides is 1. The van der Waals surface area contributed by atoms with Crippen LogP contribution in [0, 0.1) is 11.6 Å². The predicted octanol–water partition coefficient (Wildman–Crippen LogP) is 2.05. The van der Waals surface area contributed by atoms with Crippen molar-refractivity contribution in [3.63, 3.8) is 0 Å². The molecule has 0 saturated heterocycles. The van der Waals surface area contributed by atoms with Gasteiger partial charge in [0.2, 0.25) is 5.91 Å². The van der Waals surface area contributed by atoms with E-state index < -0.39 is 27.6 Å². The largest absolute Gasteiger partial charge is 0.373 e. The summed E-state index contributed by atoms with van der Waals surface area (Å²) in [6, 6.07) is 8.32. The van der Waals surface area contributed by atoms with E-state index in [1.165, 1.54) is 37.0 Å². The first-order chi connectivity index (χ1) is 13.1. The highest BCUT2D eigenvalue weighted by atomic mass is 32.2. The maximum atomic E-state index is 14.0. The van der Waals surface area contributed by atoms with Gasteiger partial charge in [0.05, 0.1) is 6.54 Å². The molecule has 1 heterocycles. The SMILES string of the molecule is CN(CC(=O)Nc1cc(F)c(N(C)C)c(F)c1)C1=NS(=O)(=O)c2ccccc21. The lowest BCUT2D eigenvalue weighted by atomic mass is 10.2. The van der Waals surface area contributed by atoms with E-state index in [9.17, 15) is 22.0 Å². The molecule has 3 rings (SSSR count). The molecular weight excluding hydrogens is 390 g/mol. The van der Waals surface area contributed by atoms with E-state index in [2.05, 4.69) is 9.71 Å². The zero-order chi connectivity index (χ0) is 20.6. The van der Waals surface area contributed by atoms with Crippen LogP contribution < -0.4 is 10.2 Å². The fourth-order valence-electron chi connectivity index (χ4n) is 2.92. The molecule has 0 aliphatic carbocycles. The van der Waals surface area contributed by atoms with Crippen LogP contribution in [-0.4, -0.2) is 52.7 Å². The first-order valence-electron chi connectivity index (χ1n) is 8.22. The highest BCUT2D eigenvalue weighted by Gasteiger charge is 2.31. The smallest absolute Gasteiger partial charge is 0.285 e. The number of amidine groups is 1. The molecule has 0 unspecified atom stereocenters. The molecule has 148 valence electrons. The number of fused-ring (bicyclic) bond motifs is 1. The number of carbonyl (C=O) groups is 1. The van der Waals surface area contributed by atoms with Gasteiger partial charge in [-0.2, -0.15) is 8.42 Å². The Hall–Kier alpha value is -3.01. The predicted molar refractivity (Wildman–Crippen MR) is 102 cm³/mol. The maximum absolute atomic E-state index is 14.0. The number of anilines is 2. The Balaban J connectivity index is 1.76. The molecule has 7 nitrogen and oxygen atoms in total. The normalized spacial score (nSPS) is 14.2. The first-order valence-corrected chi connectivity index (χ1v) is 9.66. The van der Waals surface area contributed by atoms with Crippen LogP contribution in [-0.2, 0) is 14.8 Å². The number of benzene rings is 2. The molecule has 0 atom stereocenters. The molecule has 0 aromatic heterocycles. The monoisotopic (exact) mass is 408 g/mol. The van der Waals surface area contributed by atoms with Crippen molar-refractivity contribution in [1.82, 2.24) is 4.90 Å². The van der Waals surface area contributed by atoms with E-state index >= 15 is 0 Å². The van der Waals surface area contributed by atoms with Crippen LogP contribution in [0.5, 0.6) is 0 Å². The summed E-state index contributed by atoms with van der Waals surface area (Å²) in [5.41, 5.74) is 0.142. The summed E-state index contributed by atoms with van der Waals surface area (Å²) in [4.78, 5) is 15.0. The molecule has 0 saturated carbocycles. The topological polar surface area (TPSA) is 82.1 Å². The molecule has 1 aliphatic rings. The van der Waals surface area contributed by atoms with Crippen molar-refractivity contribution in [3.05, 3.63) is 53.6 Å². The van der Waals surface area contributed by atoms with Gasteiger partial charge in [0.1, 0.15) is 10.6 Å². The number of nitrogens with one attached hydrogen (secondary N) is 1. The molecule has 0 bridgehead atoms. The van der Waals surface area contributed by atoms with Gasteiger partial charge in [0.15, 0.2) is 17.5 Å². The van der Waals surface area contributed by atoms with Crippen molar-refractivity contribution in [2.45, 2.75) is 4.90 Å². The molecule has 1 N–H and O–H groups in total. The van der Waals surface area contributed by atoms with Crippen molar-refractivity contribution in [2.24, 2.45) is 4.40 Å². The van der Waals surface area contributed by atoms with Gasteiger partial charge in [-0.05, 0) is 24.3 Å². The molecule has 2 aromatic rings. The van der Waals surface area contributed by atoms with Gasteiger partial charge in [0, 0.05) is 32.4 Å². The molecule has 0 radical (unpaired) electrons. The first kappa shape index (κ1) is 19.7. The number of halogens is 2. The van der Waals surface area contributed by atoms with E-state index in [-0.39, 0.29) is 28.7 Å². The van der Waals surface area contributed by atoms with Crippen molar-refractivity contribution in [3.8, 4) is 0 Å². The van der Waals surface area contributed by atoms with Gasteiger partial charge >= 0.3 is 0 Å². The van der Waals surface area contributed by atoms with Gasteiger partial charge in [-0.15, -0.1) is 4.40 Å². The van der Waals surface area contributed by atoms with Gasteiger partial charge < -0.3 is 15.1 Å².